The van der Waals surface area contributed by atoms with Gasteiger partial charge in [0.1, 0.15) is 6.61 Å². The van der Waals surface area contributed by atoms with Gasteiger partial charge in [-0.05, 0) is 17.7 Å². The first-order chi connectivity index (χ1) is 7.63. The molecule has 0 amide bonds. The van der Waals surface area contributed by atoms with Crippen LogP contribution in [-0.4, -0.2) is 5.97 Å². The first kappa shape index (κ1) is 12.7. The molecule has 3 nitrogen and oxygen atoms in total. The van der Waals surface area contributed by atoms with Crippen molar-refractivity contribution in [3.8, 4) is 6.07 Å². The number of esters is 1. The number of benzene rings is 1. The van der Waals surface area contributed by atoms with Crippen molar-refractivity contribution in [2.24, 2.45) is 5.92 Å². The molecule has 0 aliphatic rings. The normalized spacial score (nSPS) is 11.6. The lowest BCUT2D eigenvalue weighted by atomic mass is 10.1. The summed E-state index contributed by atoms with van der Waals surface area (Å²) >= 11 is 3.33. The Morgan fingerprint density at radius 2 is 2.12 bits per heavy atom. The molecule has 0 bridgehead atoms. The first-order valence-electron chi connectivity index (χ1n) is 4.91. The van der Waals surface area contributed by atoms with Crippen LogP contribution in [0, 0.1) is 17.2 Å². The largest absolute Gasteiger partial charge is 0.461 e. The molecule has 1 unspecified atom stereocenters. The van der Waals surface area contributed by atoms with Crippen molar-refractivity contribution in [3.05, 3.63) is 34.3 Å². The zero-order valence-electron chi connectivity index (χ0n) is 8.94. The molecule has 0 aliphatic heterocycles. The maximum absolute atomic E-state index is 11.4. The number of nitriles is 1. The highest BCUT2D eigenvalue weighted by atomic mass is 79.9. The summed E-state index contributed by atoms with van der Waals surface area (Å²) in [6.45, 7) is 1.94. The third-order valence-corrected chi connectivity index (χ3v) is 2.62. The summed E-state index contributed by atoms with van der Waals surface area (Å²) in [6.07, 6.45) is 0.194. The molecule has 0 fully saturated rings. The fraction of sp³-hybridized carbons (Fsp3) is 0.333. The van der Waals surface area contributed by atoms with Crippen LogP contribution in [0.15, 0.2) is 28.7 Å². The second-order valence-corrected chi connectivity index (χ2v) is 4.41. The summed E-state index contributed by atoms with van der Waals surface area (Å²) in [5.74, 6) is -0.690. The van der Waals surface area contributed by atoms with Gasteiger partial charge in [-0.15, -0.1) is 0 Å². The number of rotatable bonds is 4. The van der Waals surface area contributed by atoms with Crippen molar-refractivity contribution in [2.75, 3.05) is 0 Å². The molecule has 1 rings (SSSR count). The summed E-state index contributed by atoms with van der Waals surface area (Å²) in [7, 11) is 0. The van der Waals surface area contributed by atoms with Crippen molar-refractivity contribution in [1.82, 2.24) is 0 Å². The van der Waals surface area contributed by atoms with Crippen LogP contribution in [0.4, 0.5) is 0 Å². The zero-order chi connectivity index (χ0) is 12.0. The van der Waals surface area contributed by atoms with Crippen molar-refractivity contribution < 1.29 is 9.53 Å². The van der Waals surface area contributed by atoms with Crippen LogP contribution in [0.25, 0.3) is 0 Å². The van der Waals surface area contributed by atoms with Crippen LogP contribution in [0.1, 0.15) is 18.9 Å². The van der Waals surface area contributed by atoms with Crippen LogP contribution < -0.4 is 0 Å². The second-order valence-electron chi connectivity index (χ2n) is 3.50. The van der Waals surface area contributed by atoms with Gasteiger partial charge in [-0.2, -0.15) is 5.26 Å². The van der Waals surface area contributed by atoms with E-state index in [0.717, 1.165) is 10.0 Å². The molecule has 4 heteroatoms. The van der Waals surface area contributed by atoms with E-state index in [-0.39, 0.29) is 24.9 Å². The van der Waals surface area contributed by atoms with E-state index in [9.17, 15) is 4.79 Å². The summed E-state index contributed by atoms with van der Waals surface area (Å²) in [4.78, 5) is 11.4. The zero-order valence-corrected chi connectivity index (χ0v) is 10.5. The van der Waals surface area contributed by atoms with Gasteiger partial charge in [0.25, 0.3) is 0 Å². The van der Waals surface area contributed by atoms with Gasteiger partial charge in [0.05, 0.1) is 12.0 Å². The SMILES string of the molecule is CC(CC#N)C(=O)OCc1ccc(Br)cc1. The van der Waals surface area contributed by atoms with E-state index in [1.54, 1.807) is 6.92 Å². The van der Waals surface area contributed by atoms with E-state index in [4.69, 9.17) is 10.00 Å². The van der Waals surface area contributed by atoms with E-state index >= 15 is 0 Å². The van der Waals surface area contributed by atoms with Gasteiger partial charge in [-0.25, -0.2) is 0 Å². The average molecular weight is 282 g/mol. The topological polar surface area (TPSA) is 50.1 Å². The molecule has 1 atom stereocenters. The molecule has 0 spiro atoms. The van der Waals surface area contributed by atoms with Crippen LogP contribution in [0.3, 0.4) is 0 Å². The Morgan fingerprint density at radius 1 is 1.50 bits per heavy atom. The predicted octanol–water partition coefficient (Wildman–Crippen LogP) is 3.04. The highest BCUT2D eigenvalue weighted by Crippen LogP contribution is 2.12. The summed E-state index contributed by atoms with van der Waals surface area (Å²) in [6, 6.07) is 9.49. The minimum Gasteiger partial charge on any atom is -0.461 e. The van der Waals surface area contributed by atoms with Crippen LogP contribution in [0.2, 0.25) is 0 Å². The van der Waals surface area contributed by atoms with E-state index < -0.39 is 0 Å². The molecule has 0 radical (unpaired) electrons. The molecule has 0 saturated carbocycles. The van der Waals surface area contributed by atoms with E-state index in [1.165, 1.54) is 0 Å². The number of carbonyl (C=O) groups is 1. The lowest BCUT2D eigenvalue weighted by Gasteiger charge is -2.08. The Bertz CT molecular complexity index is 394. The van der Waals surface area contributed by atoms with Crippen LogP contribution in [0.5, 0.6) is 0 Å². The quantitative estimate of drug-likeness (QED) is 0.797. The van der Waals surface area contributed by atoms with Crippen molar-refractivity contribution >= 4 is 21.9 Å². The predicted molar refractivity (Wildman–Crippen MR) is 63.3 cm³/mol. The molecule has 0 saturated heterocycles. The Kier molecular flexibility index (Phi) is 5.00. The Labute approximate surface area is 103 Å². The number of nitrogens with zero attached hydrogens (tertiary/aromatic N) is 1. The maximum Gasteiger partial charge on any atom is 0.310 e. The minimum atomic E-state index is -0.361. The number of halogens is 1. The number of hydrogen-bond acceptors (Lipinski definition) is 3. The summed E-state index contributed by atoms with van der Waals surface area (Å²) in [5, 5.41) is 8.44. The van der Waals surface area contributed by atoms with Gasteiger partial charge in [-0.1, -0.05) is 35.0 Å². The smallest absolute Gasteiger partial charge is 0.310 e. The molecule has 84 valence electrons. The number of hydrogen-bond donors (Lipinski definition) is 0. The average Bonchev–Trinajstić information content (AvgIpc) is 2.28. The molecule has 1 aromatic rings. The van der Waals surface area contributed by atoms with Gasteiger partial charge >= 0.3 is 5.97 Å². The fourth-order valence-corrected chi connectivity index (χ4v) is 1.36. The van der Waals surface area contributed by atoms with Gasteiger partial charge < -0.3 is 4.74 Å². The molecule has 0 aliphatic carbocycles. The Hall–Kier alpha value is -1.34. The first-order valence-corrected chi connectivity index (χ1v) is 5.71. The molecule has 16 heavy (non-hydrogen) atoms. The number of ether oxygens (including phenoxy) is 1. The van der Waals surface area contributed by atoms with E-state index in [2.05, 4.69) is 15.9 Å². The van der Waals surface area contributed by atoms with E-state index in [1.807, 2.05) is 30.3 Å². The molecule has 0 aromatic heterocycles. The van der Waals surface area contributed by atoms with Crippen molar-refractivity contribution in [1.29, 1.82) is 5.26 Å². The van der Waals surface area contributed by atoms with Crippen LogP contribution in [-0.2, 0) is 16.1 Å². The van der Waals surface area contributed by atoms with E-state index in [0.29, 0.717) is 0 Å². The molecular weight excluding hydrogens is 270 g/mol. The van der Waals surface area contributed by atoms with Crippen LogP contribution >= 0.6 is 15.9 Å². The molecular formula is C12H12BrNO2. The van der Waals surface area contributed by atoms with Gasteiger partial charge in [-0.3, -0.25) is 4.79 Å². The summed E-state index contributed by atoms with van der Waals surface area (Å²) in [5.41, 5.74) is 0.931. The minimum absolute atomic E-state index is 0.194. The number of carbonyl (C=O) groups excluding carboxylic acids is 1. The standard InChI is InChI=1S/C12H12BrNO2/c1-9(6-7-14)12(15)16-8-10-2-4-11(13)5-3-10/h2-5,9H,6,8H2,1H3. The second kappa shape index (κ2) is 6.29. The third kappa shape index (κ3) is 4.03. The Morgan fingerprint density at radius 3 is 2.69 bits per heavy atom. The molecule has 1 aromatic carbocycles. The molecule has 0 N–H and O–H groups in total. The lowest BCUT2D eigenvalue weighted by molar-refractivity contribution is -0.149. The lowest BCUT2D eigenvalue weighted by Crippen LogP contribution is -2.14. The monoisotopic (exact) mass is 281 g/mol. The molecule has 0 heterocycles. The van der Waals surface area contributed by atoms with Crippen molar-refractivity contribution in [3.63, 3.8) is 0 Å². The summed E-state index contributed by atoms with van der Waals surface area (Å²) < 4.78 is 6.06. The van der Waals surface area contributed by atoms with Gasteiger partial charge in [0.15, 0.2) is 0 Å². The Balaban J connectivity index is 2.43. The highest BCUT2D eigenvalue weighted by molar-refractivity contribution is 9.10. The highest BCUT2D eigenvalue weighted by Gasteiger charge is 2.13. The fourth-order valence-electron chi connectivity index (χ4n) is 1.10. The van der Waals surface area contributed by atoms with Crippen molar-refractivity contribution in [2.45, 2.75) is 20.0 Å². The maximum atomic E-state index is 11.4. The third-order valence-electron chi connectivity index (χ3n) is 2.09. The van der Waals surface area contributed by atoms with Gasteiger partial charge in [0.2, 0.25) is 0 Å². The van der Waals surface area contributed by atoms with Gasteiger partial charge in [0, 0.05) is 10.9 Å².